The molecule has 0 saturated carbocycles. The Morgan fingerprint density at radius 1 is 1.33 bits per heavy atom. The first-order valence-electron chi connectivity index (χ1n) is 6.61. The van der Waals surface area contributed by atoms with Crippen molar-refractivity contribution in [2.45, 2.75) is 39.2 Å². The second-order valence-electron chi connectivity index (χ2n) is 5.85. The van der Waals surface area contributed by atoms with Gasteiger partial charge in [-0.25, -0.2) is 0 Å². The molecule has 0 saturated heterocycles. The molecule has 3 nitrogen and oxygen atoms in total. The van der Waals surface area contributed by atoms with Crippen molar-refractivity contribution >= 4 is 11.6 Å². The second-order valence-corrected chi connectivity index (χ2v) is 5.85. The number of fused-ring (bicyclic) bond motifs is 1. The van der Waals surface area contributed by atoms with Crippen LogP contribution in [0.4, 0.5) is 5.69 Å². The molecule has 1 aliphatic heterocycles. The van der Waals surface area contributed by atoms with Crippen LogP contribution in [-0.2, 0) is 11.2 Å². The van der Waals surface area contributed by atoms with Crippen molar-refractivity contribution in [1.29, 1.82) is 0 Å². The minimum atomic E-state index is 0.0726. The Hall–Kier alpha value is -1.35. The Bertz CT molecular complexity index is 434. The van der Waals surface area contributed by atoms with E-state index in [-0.39, 0.29) is 11.4 Å². The summed E-state index contributed by atoms with van der Waals surface area (Å²) < 4.78 is 0. The lowest BCUT2D eigenvalue weighted by atomic mass is 10.1. The van der Waals surface area contributed by atoms with Crippen LogP contribution in [0.3, 0.4) is 0 Å². The van der Waals surface area contributed by atoms with E-state index in [1.54, 1.807) is 0 Å². The van der Waals surface area contributed by atoms with E-state index in [9.17, 15) is 4.79 Å². The third-order valence-electron chi connectivity index (χ3n) is 3.18. The molecule has 1 N–H and O–H groups in total. The number of benzene rings is 1. The summed E-state index contributed by atoms with van der Waals surface area (Å²) in [6, 6.07) is 8.18. The highest BCUT2D eigenvalue weighted by Gasteiger charge is 2.23. The normalized spacial score (nSPS) is 14.7. The summed E-state index contributed by atoms with van der Waals surface area (Å²) in [5, 5.41) is 3.35. The Kier molecular flexibility index (Phi) is 3.71. The topological polar surface area (TPSA) is 32.3 Å². The van der Waals surface area contributed by atoms with Crippen molar-refractivity contribution in [1.82, 2.24) is 5.32 Å². The fourth-order valence-corrected chi connectivity index (χ4v) is 2.28. The number of para-hydroxylation sites is 1. The largest absolute Gasteiger partial charge is 0.312 e. The highest BCUT2D eigenvalue weighted by molar-refractivity contribution is 5.95. The van der Waals surface area contributed by atoms with Crippen LogP contribution in [0, 0.1) is 0 Å². The van der Waals surface area contributed by atoms with E-state index in [1.807, 2.05) is 23.1 Å². The molecule has 0 spiro atoms. The number of hydrogen-bond acceptors (Lipinski definition) is 2. The summed E-state index contributed by atoms with van der Waals surface area (Å²) >= 11 is 0. The van der Waals surface area contributed by atoms with Gasteiger partial charge in [0.15, 0.2) is 0 Å². The Morgan fingerprint density at radius 3 is 2.78 bits per heavy atom. The van der Waals surface area contributed by atoms with Crippen molar-refractivity contribution in [2.24, 2.45) is 0 Å². The number of carbonyl (C=O) groups excluding carboxylic acids is 1. The molecule has 3 heteroatoms. The van der Waals surface area contributed by atoms with Gasteiger partial charge in [-0.05, 0) is 38.8 Å². The van der Waals surface area contributed by atoms with Gasteiger partial charge >= 0.3 is 0 Å². The van der Waals surface area contributed by atoms with Crippen LogP contribution < -0.4 is 10.2 Å². The Morgan fingerprint density at radius 2 is 2.06 bits per heavy atom. The monoisotopic (exact) mass is 246 g/mol. The van der Waals surface area contributed by atoms with E-state index >= 15 is 0 Å². The summed E-state index contributed by atoms with van der Waals surface area (Å²) in [5.74, 6) is 0.219. The van der Waals surface area contributed by atoms with E-state index < -0.39 is 0 Å². The molecule has 0 atom stereocenters. The Balaban J connectivity index is 1.92. The number of nitrogens with one attached hydrogen (secondary N) is 1. The van der Waals surface area contributed by atoms with E-state index in [2.05, 4.69) is 32.2 Å². The van der Waals surface area contributed by atoms with Crippen LogP contribution in [0.25, 0.3) is 0 Å². The first kappa shape index (κ1) is 13.1. The zero-order valence-electron chi connectivity index (χ0n) is 11.5. The second kappa shape index (κ2) is 5.11. The number of nitrogens with zero attached hydrogens (tertiary/aromatic N) is 1. The highest BCUT2D eigenvalue weighted by Crippen LogP contribution is 2.27. The lowest BCUT2D eigenvalue weighted by Gasteiger charge is -2.22. The zero-order valence-corrected chi connectivity index (χ0v) is 11.5. The summed E-state index contributed by atoms with van der Waals surface area (Å²) in [4.78, 5) is 14.1. The SMILES string of the molecule is CC(C)(C)NCCC(=O)N1CCc2ccccc21. The molecule has 0 radical (unpaired) electrons. The number of amides is 1. The molecule has 0 aliphatic carbocycles. The molecule has 1 aliphatic rings. The van der Waals surface area contributed by atoms with Gasteiger partial charge in [0.1, 0.15) is 0 Å². The first-order chi connectivity index (χ1) is 8.47. The van der Waals surface area contributed by atoms with Crippen molar-refractivity contribution < 1.29 is 4.79 Å². The van der Waals surface area contributed by atoms with Crippen molar-refractivity contribution in [2.75, 3.05) is 18.0 Å². The van der Waals surface area contributed by atoms with Crippen molar-refractivity contribution in [3.63, 3.8) is 0 Å². The fraction of sp³-hybridized carbons (Fsp3) is 0.533. The number of rotatable bonds is 3. The smallest absolute Gasteiger partial charge is 0.228 e. The standard InChI is InChI=1S/C15H22N2O/c1-15(2,3)16-10-8-14(18)17-11-9-12-6-4-5-7-13(12)17/h4-7,16H,8-11H2,1-3H3. The quantitative estimate of drug-likeness (QED) is 0.888. The summed E-state index contributed by atoms with van der Waals surface area (Å²) in [5.41, 5.74) is 2.45. The minimum Gasteiger partial charge on any atom is -0.312 e. The molecule has 1 aromatic carbocycles. The maximum Gasteiger partial charge on any atom is 0.228 e. The van der Waals surface area contributed by atoms with E-state index in [4.69, 9.17) is 0 Å². The molecule has 18 heavy (non-hydrogen) atoms. The number of hydrogen-bond donors (Lipinski definition) is 1. The lowest BCUT2D eigenvalue weighted by Crippen LogP contribution is -2.39. The van der Waals surface area contributed by atoms with Crippen molar-refractivity contribution in [3.05, 3.63) is 29.8 Å². The van der Waals surface area contributed by atoms with Gasteiger partial charge in [0.05, 0.1) is 0 Å². The minimum absolute atomic E-state index is 0.0726. The third-order valence-corrected chi connectivity index (χ3v) is 3.18. The Labute approximate surface area is 109 Å². The molecule has 0 aromatic heterocycles. The van der Waals surface area contributed by atoms with Crippen LogP contribution in [0.5, 0.6) is 0 Å². The van der Waals surface area contributed by atoms with Crippen LogP contribution in [-0.4, -0.2) is 24.5 Å². The molecule has 2 rings (SSSR count). The average molecular weight is 246 g/mol. The van der Waals surface area contributed by atoms with Crippen molar-refractivity contribution in [3.8, 4) is 0 Å². The molecule has 0 fully saturated rings. The molecular formula is C15H22N2O. The molecule has 1 aromatic rings. The van der Waals surface area contributed by atoms with Gasteiger partial charge in [-0.15, -0.1) is 0 Å². The van der Waals surface area contributed by atoms with Crippen LogP contribution in [0.1, 0.15) is 32.8 Å². The summed E-state index contributed by atoms with van der Waals surface area (Å²) in [6.45, 7) is 7.91. The van der Waals surface area contributed by atoms with Gasteiger partial charge in [0.25, 0.3) is 0 Å². The van der Waals surface area contributed by atoms with Crippen LogP contribution in [0.15, 0.2) is 24.3 Å². The van der Waals surface area contributed by atoms with E-state index in [1.165, 1.54) is 5.56 Å². The van der Waals surface area contributed by atoms with E-state index in [0.29, 0.717) is 6.42 Å². The average Bonchev–Trinajstić information content (AvgIpc) is 2.70. The predicted octanol–water partition coefficient (Wildman–Crippen LogP) is 2.35. The van der Waals surface area contributed by atoms with Gasteiger partial charge < -0.3 is 10.2 Å². The molecule has 0 bridgehead atoms. The fourth-order valence-electron chi connectivity index (χ4n) is 2.28. The van der Waals surface area contributed by atoms with E-state index in [0.717, 1.165) is 25.2 Å². The third kappa shape index (κ3) is 3.10. The summed E-state index contributed by atoms with van der Waals surface area (Å²) in [6.07, 6.45) is 1.54. The molecule has 1 amide bonds. The first-order valence-corrected chi connectivity index (χ1v) is 6.61. The lowest BCUT2D eigenvalue weighted by molar-refractivity contribution is -0.118. The van der Waals surface area contributed by atoms with Gasteiger partial charge in [-0.3, -0.25) is 4.79 Å². The maximum absolute atomic E-state index is 12.2. The summed E-state index contributed by atoms with van der Waals surface area (Å²) in [7, 11) is 0. The molecule has 1 heterocycles. The van der Waals surface area contributed by atoms with Gasteiger partial charge in [-0.1, -0.05) is 18.2 Å². The van der Waals surface area contributed by atoms with Crippen LogP contribution in [0.2, 0.25) is 0 Å². The highest BCUT2D eigenvalue weighted by atomic mass is 16.2. The molecular weight excluding hydrogens is 224 g/mol. The number of anilines is 1. The molecule has 98 valence electrons. The number of carbonyl (C=O) groups is 1. The maximum atomic E-state index is 12.2. The zero-order chi connectivity index (χ0) is 13.2. The van der Waals surface area contributed by atoms with Gasteiger partial charge in [0.2, 0.25) is 5.91 Å². The van der Waals surface area contributed by atoms with Gasteiger partial charge in [-0.2, -0.15) is 0 Å². The van der Waals surface area contributed by atoms with Crippen LogP contribution >= 0.6 is 0 Å². The molecule has 0 unspecified atom stereocenters. The van der Waals surface area contributed by atoms with Gasteiger partial charge in [0, 0.05) is 30.7 Å². The predicted molar refractivity (Wildman–Crippen MR) is 74.9 cm³/mol.